The van der Waals surface area contributed by atoms with Crippen molar-refractivity contribution < 1.29 is 22.4 Å². The fourth-order valence-electron chi connectivity index (χ4n) is 1.96. The van der Waals surface area contributed by atoms with Crippen LogP contribution in [0.5, 0.6) is 0 Å². The summed E-state index contributed by atoms with van der Waals surface area (Å²) >= 11 is 0. The molecule has 0 unspecified atom stereocenters. The van der Waals surface area contributed by atoms with Crippen LogP contribution in [0, 0.1) is 27.2 Å². The van der Waals surface area contributed by atoms with Crippen molar-refractivity contribution in [3.8, 4) is 0 Å². The molecule has 0 heterocycles. The van der Waals surface area contributed by atoms with Crippen molar-refractivity contribution >= 4 is 21.5 Å². The average molecular weight is 352 g/mol. The maximum atomic E-state index is 12.1. The number of nitro groups is 2. The fraction of sp³-hybridized carbons (Fsp3) is 0.143. The Labute approximate surface area is 136 Å². The molecule has 0 spiro atoms. The molecule has 0 saturated heterocycles. The van der Waals surface area contributed by atoms with Gasteiger partial charge < -0.3 is 0 Å². The van der Waals surface area contributed by atoms with Crippen LogP contribution in [0.4, 0.5) is 11.4 Å². The molecule has 9 nitrogen and oxygen atoms in total. The second kappa shape index (κ2) is 6.72. The minimum atomic E-state index is -4.21. The van der Waals surface area contributed by atoms with Crippen LogP contribution in [0.2, 0.25) is 0 Å². The van der Waals surface area contributed by atoms with Crippen LogP contribution < -0.4 is 0 Å². The van der Waals surface area contributed by atoms with Gasteiger partial charge in [-0.1, -0.05) is 17.7 Å². The summed E-state index contributed by atoms with van der Waals surface area (Å²) in [6, 6.07) is 8.99. The van der Waals surface area contributed by atoms with E-state index in [4.69, 9.17) is 4.18 Å². The second-order valence-corrected chi connectivity index (χ2v) is 6.43. The highest BCUT2D eigenvalue weighted by atomic mass is 32.2. The van der Waals surface area contributed by atoms with E-state index in [1.807, 2.05) is 0 Å². The molecule has 0 aromatic heterocycles. The zero-order chi connectivity index (χ0) is 17.9. The van der Waals surface area contributed by atoms with Gasteiger partial charge in [0.2, 0.25) is 0 Å². The van der Waals surface area contributed by atoms with Crippen LogP contribution in [0.25, 0.3) is 0 Å². The Hall–Kier alpha value is -2.85. The first-order valence-electron chi connectivity index (χ1n) is 6.59. The molecule has 0 radical (unpaired) electrons. The van der Waals surface area contributed by atoms with E-state index in [9.17, 15) is 28.6 Å². The Morgan fingerprint density at radius 1 is 0.958 bits per heavy atom. The highest BCUT2D eigenvalue weighted by Crippen LogP contribution is 2.29. The van der Waals surface area contributed by atoms with Gasteiger partial charge in [0, 0.05) is 12.1 Å². The van der Waals surface area contributed by atoms with E-state index in [0.717, 1.165) is 23.8 Å². The number of nitro benzene ring substituents is 2. The highest BCUT2D eigenvalue weighted by Gasteiger charge is 2.27. The Balaban J connectivity index is 2.36. The number of hydrogen-bond acceptors (Lipinski definition) is 7. The summed E-state index contributed by atoms with van der Waals surface area (Å²) in [5.74, 6) is 0. The molecule has 0 fully saturated rings. The lowest BCUT2D eigenvalue weighted by atomic mass is 10.1. The normalized spacial score (nSPS) is 11.2. The summed E-state index contributed by atoms with van der Waals surface area (Å²) in [6.45, 7) is 0.956. The minimum absolute atomic E-state index is 0.144. The number of nitrogens with zero attached hydrogens (tertiary/aromatic N) is 2. The lowest BCUT2D eigenvalue weighted by Gasteiger charge is -2.07. The van der Waals surface area contributed by atoms with Gasteiger partial charge in [-0.05, 0) is 25.1 Å². The van der Waals surface area contributed by atoms with E-state index < -0.39 is 43.5 Å². The molecule has 0 aliphatic rings. The Morgan fingerprint density at radius 2 is 1.46 bits per heavy atom. The minimum Gasteiger partial charge on any atom is -0.261 e. The van der Waals surface area contributed by atoms with Crippen molar-refractivity contribution in [2.75, 3.05) is 0 Å². The average Bonchev–Trinajstić information content (AvgIpc) is 2.52. The zero-order valence-corrected chi connectivity index (χ0v) is 13.2. The number of aryl methyl sites for hydroxylation is 1. The van der Waals surface area contributed by atoms with Crippen LogP contribution >= 0.6 is 0 Å². The van der Waals surface area contributed by atoms with Crippen molar-refractivity contribution in [3.63, 3.8) is 0 Å². The van der Waals surface area contributed by atoms with Crippen LogP contribution in [0.1, 0.15) is 11.1 Å². The molecule has 0 atom stereocenters. The summed E-state index contributed by atoms with van der Waals surface area (Å²) < 4.78 is 29.0. The number of benzene rings is 2. The first-order chi connectivity index (χ1) is 11.2. The third-order valence-corrected chi connectivity index (χ3v) is 4.47. The van der Waals surface area contributed by atoms with Crippen LogP contribution in [0.3, 0.4) is 0 Å². The standard InChI is InChI=1S/C14H12N2O7S/c1-10-5-7-11(8-6-10)24(21,22)23-9-12-13(15(17)18)3-2-4-14(12)16(19)20/h2-8H,9H2,1H3. The SMILES string of the molecule is Cc1ccc(S(=O)(=O)OCc2c([N+](=O)[O-])cccc2[N+](=O)[O-])cc1. The van der Waals surface area contributed by atoms with E-state index in [0.29, 0.717) is 0 Å². The van der Waals surface area contributed by atoms with E-state index in [1.54, 1.807) is 19.1 Å². The molecule has 2 aromatic rings. The van der Waals surface area contributed by atoms with Crippen molar-refractivity contribution in [2.45, 2.75) is 18.4 Å². The molecule has 10 heteroatoms. The molecule has 0 N–H and O–H groups in total. The van der Waals surface area contributed by atoms with Gasteiger partial charge in [0.1, 0.15) is 12.2 Å². The summed E-state index contributed by atoms with van der Waals surface area (Å²) in [7, 11) is -4.21. The molecule has 2 rings (SSSR count). The van der Waals surface area contributed by atoms with Gasteiger partial charge in [-0.3, -0.25) is 24.4 Å². The molecule has 2 aromatic carbocycles. The van der Waals surface area contributed by atoms with Gasteiger partial charge in [0.25, 0.3) is 21.5 Å². The first-order valence-corrected chi connectivity index (χ1v) is 8.00. The molecule has 0 amide bonds. The summed E-state index contributed by atoms with van der Waals surface area (Å²) in [5.41, 5.74) is -0.738. The Morgan fingerprint density at radius 3 is 1.92 bits per heavy atom. The molecular weight excluding hydrogens is 340 g/mol. The molecule has 0 aliphatic heterocycles. The molecule has 0 saturated carbocycles. The molecule has 126 valence electrons. The third kappa shape index (κ3) is 3.73. The van der Waals surface area contributed by atoms with Gasteiger partial charge in [-0.25, -0.2) is 0 Å². The lowest BCUT2D eigenvalue weighted by molar-refractivity contribution is -0.396. The van der Waals surface area contributed by atoms with E-state index in [1.165, 1.54) is 12.1 Å². The van der Waals surface area contributed by atoms with Gasteiger partial charge in [0.15, 0.2) is 0 Å². The molecular formula is C14H12N2O7S. The van der Waals surface area contributed by atoms with Gasteiger partial charge in [0.05, 0.1) is 14.7 Å². The fourth-order valence-corrected chi connectivity index (χ4v) is 2.84. The van der Waals surface area contributed by atoms with Crippen molar-refractivity contribution in [1.82, 2.24) is 0 Å². The van der Waals surface area contributed by atoms with Crippen molar-refractivity contribution in [1.29, 1.82) is 0 Å². The van der Waals surface area contributed by atoms with Crippen LogP contribution in [0.15, 0.2) is 47.4 Å². The smallest absolute Gasteiger partial charge is 0.261 e. The lowest BCUT2D eigenvalue weighted by Crippen LogP contribution is -2.09. The molecule has 0 aliphatic carbocycles. The largest absolute Gasteiger partial charge is 0.297 e. The van der Waals surface area contributed by atoms with Crippen LogP contribution in [-0.4, -0.2) is 18.3 Å². The summed E-state index contributed by atoms with van der Waals surface area (Å²) in [4.78, 5) is 20.2. The summed E-state index contributed by atoms with van der Waals surface area (Å²) in [5, 5.41) is 22.0. The number of hydrogen-bond donors (Lipinski definition) is 0. The van der Waals surface area contributed by atoms with Crippen LogP contribution in [-0.2, 0) is 20.9 Å². The van der Waals surface area contributed by atoms with E-state index in [-0.39, 0.29) is 4.90 Å². The Kier molecular flexibility index (Phi) is 4.90. The predicted octanol–water partition coefficient (Wildman–Crippen LogP) is 2.72. The highest BCUT2D eigenvalue weighted by molar-refractivity contribution is 7.86. The first kappa shape index (κ1) is 17.5. The van der Waals surface area contributed by atoms with Gasteiger partial charge >= 0.3 is 0 Å². The third-order valence-electron chi connectivity index (χ3n) is 3.19. The van der Waals surface area contributed by atoms with Gasteiger partial charge in [-0.2, -0.15) is 8.42 Å². The van der Waals surface area contributed by atoms with Crippen molar-refractivity contribution in [2.24, 2.45) is 0 Å². The number of rotatable bonds is 6. The van der Waals surface area contributed by atoms with Gasteiger partial charge in [-0.15, -0.1) is 0 Å². The summed E-state index contributed by atoms with van der Waals surface area (Å²) in [6.07, 6.45) is 0. The van der Waals surface area contributed by atoms with E-state index in [2.05, 4.69) is 0 Å². The predicted molar refractivity (Wildman–Crippen MR) is 82.9 cm³/mol. The molecule has 0 bridgehead atoms. The monoisotopic (exact) mass is 352 g/mol. The quantitative estimate of drug-likeness (QED) is 0.444. The zero-order valence-electron chi connectivity index (χ0n) is 12.4. The van der Waals surface area contributed by atoms with Crippen molar-refractivity contribution in [3.05, 3.63) is 73.8 Å². The second-order valence-electron chi connectivity index (χ2n) is 4.82. The topological polar surface area (TPSA) is 130 Å². The molecule has 24 heavy (non-hydrogen) atoms. The Bertz CT molecular complexity index is 860. The van der Waals surface area contributed by atoms with E-state index >= 15 is 0 Å². The maximum absolute atomic E-state index is 12.1. The maximum Gasteiger partial charge on any atom is 0.297 e.